The van der Waals surface area contributed by atoms with E-state index in [0.29, 0.717) is 0 Å². The molecule has 0 saturated heterocycles. The molecule has 46 heavy (non-hydrogen) atoms. The fourth-order valence-electron chi connectivity index (χ4n) is 1.75. The Bertz CT molecular complexity index is 876. The quantitative estimate of drug-likeness (QED) is 0.174. The molecule has 0 aromatic carbocycles. The van der Waals surface area contributed by atoms with Crippen LogP contribution in [0.5, 0.6) is 0 Å². The summed E-state index contributed by atoms with van der Waals surface area (Å²) in [6, 6.07) is -0.324. The molecule has 0 aliphatic rings. The zero-order valence-corrected chi connectivity index (χ0v) is 31.2. The van der Waals surface area contributed by atoms with E-state index in [1.165, 1.54) is 28.4 Å². The van der Waals surface area contributed by atoms with E-state index >= 15 is 0 Å². The van der Waals surface area contributed by atoms with E-state index in [1.807, 2.05) is 0 Å². The molecule has 0 saturated carbocycles. The van der Waals surface area contributed by atoms with E-state index in [2.05, 4.69) is 40.2 Å². The van der Waals surface area contributed by atoms with Crippen molar-refractivity contribution < 1.29 is 58.6 Å². The minimum atomic E-state index is -0.985. The predicted octanol–water partition coefficient (Wildman–Crippen LogP) is 2.79. The Balaban J connectivity index is -0.000000256. The van der Waals surface area contributed by atoms with Crippen LogP contribution in [0.1, 0.15) is 96.9 Å². The van der Waals surface area contributed by atoms with Gasteiger partial charge in [0.05, 0.1) is 74.0 Å². The molecule has 0 rings (SSSR count). The fraction of sp³-hybridized carbons (Fsp3) is 0.867. The number of amides is 4. The maximum absolute atomic E-state index is 10.8. The van der Waals surface area contributed by atoms with Gasteiger partial charge in [-0.1, -0.05) is 0 Å². The Kier molecular flexibility index (Phi) is 21.9. The minimum Gasteiger partial charge on any atom is -0.453 e. The molecule has 16 heteroatoms. The molecule has 0 aliphatic carbocycles. The summed E-state index contributed by atoms with van der Waals surface area (Å²) in [4.78, 5) is 43.0. The molecule has 0 bridgehead atoms. The van der Waals surface area contributed by atoms with Crippen LogP contribution in [0.2, 0.25) is 0 Å². The molecule has 2 atom stereocenters. The van der Waals surface area contributed by atoms with Gasteiger partial charge in [-0.2, -0.15) is 0 Å². The van der Waals surface area contributed by atoms with Gasteiger partial charge < -0.3 is 60.6 Å². The highest BCUT2D eigenvalue weighted by Crippen LogP contribution is 2.21. The van der Waals surface area contributed by atoms with Gasteiger partial charge in [-0.25, -0.2) is 19.2 Å². The first-order chi connectivity index (χ1) is 20.2. The molecule has 0 heterocycles. The van der Waals surface area contributed by atoms with Crippen molar-refractivity contribution in [2.24, 2.45) is 0 Å². The van der Waals surface area contributed by atoms with Crippen molar-refractivity contribution in [3.8, 4) is 0 Å². The van der Waals surface area contributed by atoms with Crippen LogP contribution in [0.3, 0.4) is 0 Å². The first kappa shape index (κ1) is 49.8. The maximum Gasteiger partial charge on any atom is 0.407 e. The van der Waals surface area contributed by atoms with Crippen molar-refractivity contribution in [2.45, 2.75) is 142 Å². The zero-order chi connectivity index (χ0) is 38.1. The molecule has 8 N–H and O–H groups in total. The lowest BCUT2D eigenvalue weighted by molar-refractivity contribution is -0.00370. The van der Waals surface area contributed by atoms with Gasteiger partial charge in [0.2, 0.25) is 0 Å². The Labute approximate surface area is 275 Å². The summed E-state index contributed by atoms with van der Waals surface area (Å²) in [7, 11) is 5.14. The van der Waals surface area contributed by atoms with E-state index in [4.69, 9.17) is 5.11 Å². The third-order valence-corrected chi connectivity index (χ3v) is 7.49. The van der Waals surface area contributed by atoms with E-state index < -0.39 is 63.9 Å². The van der Waals surface area contributed by atoms with Crippen LogP contribution < -0.4 is 21.3 Å². The molecule has 276 valence electrons. The molecule has 2 unspecified atom stereocenters. The van der Waals surface area contributed by atoms with Crippen molar-refractivity contribution in [1.82, 2.24) is 21.3 Å². The largest absolute Gasteiger partial charge is 0.453 e. The highest BCUT2D eigenvalue weighted by molar-refractivity contribution is 5.69. The minimum absolute atomic E-state index is 0.324. The standard InChI is InChI=1S/2C8H17NO3.2C7H15NO3/c2*1-7(2,8(3,4)11)9-6(10)12-5;1-5(9)7(2,3)8-6(10)11-4;1-5(7(2,3)10)8-6(9)11-4/h2*11H,1-5H3,(H,9,10);5,9H,1-4H3,(H,8,10);5,10H,1-4H3,(H,8,9). The second-order valence-electron chi connectivity index (χ2n) is 13.6. The molecule has 0 spiro atoms. The summed E-state index contributed by atoms with van der Waals surface area (Å²) in [5, 5.41) is 47.8. The third kappa shape index (κ3) is 22.4. The summed E-state index contributed by atoms with van der Waals surface area (Å²) in [5.74, 6) is 0. The van der Waals surface area contributed by atoms with Crippen LogP contribution >= 0.6 is 0 Å². The van der Waals surface area contributed by atoms with Crippen LogP contribution in [0.15, 0.2) is 0 Å². The number of carbonyl (C=O) groups excluding carboxylic acids is 4. The lowest BCUT2D eigenvalue weighted by Crippen LogP contribution is -2.57. The molecule has 16 nitrogen and oxygen atoms in total. The number of alkyl carbamates (subject to hydrolysis) is 4. The van der Waals surface area contributed by atoms with Crippen molar-refractivity contribution in [3.63, 3.8) is 0 Å². The van der Waals surface area contributed by atoms with Crippen molar-refractivity contribution in [3.05, 3.63) is 0 Å². The van der Waals surface area contributed by atoms with Crippen molar-refractivity contribution >= 4 is 24.4 Å². The Morgan fingerprint density at radius 2 is 0.783 bits per heavy atom. The van der Waals surface area contributed by atoms with Crippen LogP contribution in [-0.4, -0.2) is 119 Å². The summed E-state index contributed by atoms with van der Waals surface area (Å²) >= 11 is 0. The molecule has 0 aromatic heterocycles. The topological polar surface area (TPSA) is 234 Å². The van der Waals surface area contributed by atoms with E-state index in [-0.39, 0.29) is 6.04 Å². The van der Waals surface area contributed by atoms with Gasteiger partial charge in [0.15, 0.2) is 0 Å². The van der Waals surface area contributed by atoms with Crippen LogP contribution in [0.4, 0.5) is 19.2 Å². The highest BCUT2D eigenvalue weighted by atomic mass is 16.5. The van der Waals surface area contributed by atoms with Gasteiger partial charge >= 0.3 is 24.4 Å². The zero-order valence-electron chi connectivity index (χ0n) is 31.2. The summed E-state index contributed by atoms with van der Waals surface area (Å²) in [6.45, 7) is 23.4. The molecular formula is C30H64N4O12. The normalized spacial score (nSPS) is 13.2. The van der Waals surface area contributed by atoms with E-state index in [9.17, 15) is 34.5 Å². The molecule has 0 radical (unpaired) electrons. The number of hydrogen-bond donors (Lipinski definition) is 8. The first-order valence-electron chi connectivity index (χ1n) is 14.5. The Hall–Kier alpha value is -3.08. The summed E-state index contributed by atoms with van der Waals surface area (Å²) in [6.07, 6.45) is -2.75. The molecule has 0 aliphatic heterocycles. The molecule has 0 aromatic rings. The van der Waals surface area contributed by atoms with Gasteiger partial charge in [-0.05, 0) is 96.9 Å². The number of methoxy groups -OCH3 is 4. The Morgan fingerprint density at radius 1 is 0.522 bits per heavy atom. The molecular weight excluding hydrogens is 608 g/mol. The number of aliphatic hydroxyl groups excluding tert-OH is 1. The van der Waals surface area contributed by atoms with E-state index in [1.54, 1.807) is 96.9 Å². The second-order valence-corrected chi connectivity index (χ2v) is 13.6. The van der Waals surface area contributed by atoms with Gasteiger partial charge in [-0.3, -0.25) is 0 Å². The predicted molar refractivity (Wildman–Crippen MR) is 174 cm³/mol. The van der Waals surface area contributed by atoms with Crippen molar-refractivity contribution in [2.75, 3.05) is 28.4 Å². The summed E-state index contributed by atoms with van der Waals surface area (Å²) in [5.41, 5.74) is -4.95. The monoisotopic (exact) mass is 672 g/mol. The van der Waals surface area contributed by atoms with Gasteiger partial charge in [0.1, 0.15) is 0 Å². The van der Waals surface area contributed by atoms with Gasteiger partial charge in [-0.15, -0.1) is 0 Å². The number of nitrogens with one attached hydrogen (secondary N) is 4. The summed E-state index contributed by atoms with van der Waals surface area (Å²) < 4.78 is 17.6. The second kappa shape index (κ2) is 20.2. The average Bonchev–Trinajstić information content (AvgIpc) is 2.86. The fourth-order valence-corrected chi connectivity index (χ4v) is 1.75. The smallest absolute Gasteiger partial charge is 0.407 e. The first-order valence-corrected chi connectivity index (χ1v) is 14.5. The van der Waals surface area contributed by atoms with Gasteiger partial charge in [0.25, 0.3) is 0 Å². The molecule has 0 fully saturated rings. The number of rotatable bonds is 8. The number of hydrogen-bond acceptors (Lipinski definition) is 12. The van der Waals surface area contributed by atoms with Crippen LogP contribution in [-0.2, 0) is 18.9 Å². The lowest BCUT2D eigenvalue weighted by Gasteiger charge is -2.37. The van der Waals surface area contributed by atoms with E-state index in [0.717, 1.165) is 0 Å². The van der Waals surface area contributed by atoms with Crippen LogP contribution in [0.25, 0.3) is 0 Å². The average molecular weight is 673 g/mol. The molecule has 4 amide bonds. The van der Waals surface area contributed by atoms with Crippen molar-refractivity contribution in [1.29, 1.82) is 0 Å². The number of ether oxygens (including phenoxy) is 4. The van der Waals surface area contributed by atoms with Crippen LogP contribution in [0, 0.1) is 0 Å². The number of aliphatic hydroxyl groups is 4. The lowest BCUT2D eigenvalue weighted by atomic mass is 9.86. The van der Waals surface area contributed by atoms with Gasteiger partial charge in [0, 0.05) is 0 Å². The highest BCUT2D eigenvalue weighted by Gasteiger charge is 2.37. The SMILES string of the molecule is COC(=O)NC(C)(C)C(C)(C)O.COC(=O)NC(C)(C)C(C)(C)O.COC(=O)NC(C)(C)C(C)O.COC(=O)NC(C)C(C)(C)O. The number of carbonyl (C=O) groups is 4. The Morgan fingerprint density at radius 3 is 0.978 bits per heavy atom. The maximum atomic E-state index is 10.8. The third-order valence-electron chi connectivity index (χ3n) is 7.49.